The molecule has 2 heteroatoms. The molecule has 0 atom stereocenters. The van der Waals surface area contributed by atoms with Crippen LogP contribution in [0.25, 0.3) is 0 Å². The number of nitrogens with zero attached hydrogens (tertiary/aromatic N) is 1. The monoisotopic (exact) mass is 221 g/mol. The highest BCUT2D eigenvalue weighted by molar-refractivity contribution is 5.94. The summed E-state index contributed by atoms with van der Waals surface area (Å²) < 4.78 is 5.22. The highest BCUT2D eigenvalue weighted by Crippen LogP contribution is 2.27. The molecular weight excluding hydrogens is 198 g/mol. The Morgan fingerprint density at radius 2 is 2.12 bits per heavy atom. The Labute approximate surface area is 99.1 Å². The maximum atomic E-state index is 5.22. The first-order valence-electron chi connectivity index (χ1n) is 6.04. The fourth-order valence-corrected chi connectivity index (χ4v) is 1.96. The summed E-state index contributed by atoms with van der Waals surface area (Å²) >= 11 is 0. The minimum absolute atomic E-state index is 0.591. The minimum atomic E-state index is 0.591. The van der Waals surface area contributed by atoms with E-state index in [1.807, 2.05) is 0 Å². The van der Waals surface area contributed by atoms with E-state index in [9.17, 15) is 0 Å². The van der Waals surface area contributed by atoms with Crippen LogP contribution < -0.4 is 0 Å². The van der Waals surface area contributed by atoms with Crippen molar-refractivity contribution in [1.29, 1.82) is 0 Å². The van der Waals surface area contributed by atoms with E-state index < -0.39 is 0 Å². The number of methoxy groups -OCH3 is 1. The fourth-order valence-electron chi connectivity index (χ4n) is 1.96. The second kappa shape index (κ2) is 6.00. The molecule has 2 nitrogen and oxygen atoms in total. The highest BCUT2D eigenvalue weighted by atomic mass is 16.5. The lowest BCUT2D eigenvalue weighted by molar-refractivity contribution is 0.224. The number of hydrogen-bond donors (Lipinski definition) is 0. The lowest BCUT2D eigenvalue weighted by atomic mass is 9.93. The maximum Gasteiger partial charge on any atom is 0.0883 e. The first-order valence-corrected chi connectivity index (χ1v) is 6.04. The SMILES string of the molecule is CCC1=C(COC)N=C(C)C=C(C(C)C)C1. The molecule has 0 fully saturated rings. The van der Waals surface area contributed by atoms with Gasteiger partial charge in [-0.05, 0) is 37.3 Å². The molecule has 0 aromatic rings. The van der Waals surface area contributed by atoms with Crippen molar-refractivity contribution < 1.29 is 4.74 Å². The summed E-state index contributed by atoms with van der Waals surface area (Å²) in [7, 11) is 1.73. The highest BCUT2D eigenvalue weighted by Gasteiger charge is 2.13. The van der Waals surface area contributed by atoms with Crippen LogP contribution in [-0.4, -0.2) is 19.4 Å². The molecule has 0 bridgehead atoms. The van der Waals surface area contributed by atoms with Gasteiger partial charge in [0.25, 0.3) is 0 Å². The van der Waals surface area contributed by atoms with Gasteiger partial charge in [0.15, 0.2) is 0 Å². The zero-order valence-electron chi connectivity index (χ0n) is 11.1. The third kappa shape index (κ3) is 3.31. The molecule has 0 radical (unpaired) electrons. The van der Waals surface area contributed by atoms with Crippen molar-refractivity contribution in [3.8, 4) is 0 Å². The Balaban J connectivity index is 3.05. The minimum Gasteiger partial charge on any atom is -0.378 e. The molecule has 1 aliphatic heterocycles. The molecule has 0 N–H and O–H groups in total. The molecule has 0 aromatic carbocycles. The third-order valence-electron chi connectivity index (χ3n) is 2.98. The Morgan fingerprint density at radius 1 is 1.44 bits per heavy atom. The normalized spacial score (nSPS) is 17.4. The molecular formula is C14H23NO. The van der Waals surface area contributed by atoms with Crippen LogP contribution in [0, 0.1) is 5.92 Å². The predicted octanol–water partition coefficient (Wildman–Crippen LogP) is 3.74. The van der Waals surface area contributed by atoms with Gasteiger partial charge in [0.2, 0.25) is 0 Å². The molecule has 90 valence electrons. The van der Waals surface area contributed by atoms with Crippen LogP contribution >= 0.6 is 0 Å². The molecule has 0 saturated carbocycles. The van der Waals surface area contributed by atoms with E-state index in [4.69, 9.17) is 4.74 Å². The van der Waals surface area contributed by atoms with Crippen LogP contribution in [-0.2, 0) is 4.74 Å². The quantitative estimate of drug-likeness (QED) is 0.708. The van der Waals surface area contributed by atoms with Gasteiger partial charge in [0, 0.05) is 12.8 Å². The Kier molecular flexibility index (Phi) is 4.94. The maximum absolute atomic E-state index is 5.22. The molecule has 1 heterocycles. The number of hydrogen-bond acceptors (Lipinski definition) is 2. The molecule has 0 aliphatic carbocycles. The number of ether oxygens (including phenoxy) is 1. The van der Waals surface area contributed by atoms with Crippen molar-refractivity contribution in [2.45, 2.75) is 40.5 Å². The summed E-state index contributed by atoms with van der Waals surface area (Å²) in [5.41, 5.74) is 5.11. The van der Waals surface area contributed by atoms with Crippen molar-refractivity contribution in [3.63, 3.8) is 0 Å². The Hall–Kier alpha value is -0.890. The van der Waals surface area contributed by atoms with Crippen LogP contribution in [0.5, 0.6) is 0 Å². The second-order valence-corrected chi connectivity index (χ2v) is 4.64. The third-order valence-corrected chi connectivity index (χ3v) is 2.98. The summed E-state index contributed by atoms with van der Waals surface area (Å²) in [6, 6.07) is 0. The number of rotatable bonds is 4. The van der Waals surface area contributed by atoms with Crippen molar-refractivity contribution in [3.05, 3.63) is 22.9 Å². The average molecular weight is 221 g/mol. The molecule has 1 aliphatic rings. The van der Waals surface area contributed by atoms with Crippen molar-refractivity contribution in [1.82, 2.24) is 0 Å². The van der Waals surface area contributed by atoms with Crippen LogP contribution in [0.1, 0.15) is 40.5 Å². The van der Waals surface area contributed by atoms with E-state index in [0.29, 0.717) is 12.5 Å². The number of aliphatic imine (C=N–C) groups is 1. The zero-order chi connectivity index (χ0) is 12.1. The molecule has 0 amide bonds. The van der Waals surface area contributed by atoms with Crippen LogP contribution in [0.2, 0.25) is 0 Å². The Bertz CT molecular complexity index is 335. The van der Waals surface area contributed by atoms with Crippen molar-refractivity contribution in [2.75, 3.05) is 13.7 Å². The van der Waals surface area contributed by atoms with Crippen LogP contribution in [0.15, 0.2) is 27.9 Å². The zero-order valence-corrected chi connectivity index (χ0v) is 11.1. The smallest absolute Gasteiger partial charge is 0.0883 e. The summed E-state index contributed by atoms with van der Waals surface area (Å²) in [5, 5.41) is 0. The van der Waals surface area contributed by atoms with Gasteiger partial charge in [-0.25, -0.2) is 0 Å². The van der Waals surface area contributed by atoms with Gasteiger partial charge in [-0.3, -0.25) is 4.99 Å². The summed E-state index contributed by atoms with van der Waals surface area (Å²) in [6.45, 7) is 9.37. The van der Waals surface area contributed by atoms with Gasteiger partial charge in [-0.15, -0.1) is 0 Å². The number of allylic oxidation sites excluding steroid dienone is 3. The first-order chi connectivity index (χ1) is 7.58. The second-order valence-electron chi connectivity index (χ2n) is 4.64. The predicted molar refractivity (Wildman–Crippen MR) is 69.8 cm³/mol. The fraction of sp³-hybridized carbons (Fsp3) is 0.643. The van der Waals surface area contributed by atoms with E-state index >= 15 is 0 Å². The van der Waals surface area contributed by atoms with Crippen LogP contribution in [0.3, 0.4) is 0 Å². The lowest BCUT2D eigenvalue weighted by Crippen LogP contribution is -2.00. The topological polar surface area (TPSA) is 21.6 Å². The molecule has 16 heavy (non-hydrogen) atoms. The summed E-state index contributed by atoms with van der Waals surface area (Å²) in [6.07, 6.45) is 4.33. The van der Waals surface area contributed by atoms with Gasteiger partial charge in [0.05, 0.1) is 12.3 Å². The van der Waals surface area contributed by atoms with E-state index in [1.54, 1.807) is 7.11 Å². The van der Waals surface area contributed by atoms with Gasteiger partial charge in [0.1, 0.15) is 0 Å². The largest absolute Gasteiger partial charge is 0.378 e. The first kappa shape index (κ1) is 13.2. The molecule has 0 aromatic heterocycles. The van der Waals surface area contributed by atoms with E-state index in [-0.39, 0.29) is 0 Å². The van der Waals surface area contributed by atoms with Gasteiger partial charge >= 0.3 is 0 Å². The standard InChI is InChI=1S/C14H23NO/c1-6-12-8-13(10(2)3)7-11(4)15-14(12)9-16-5/h7,10H,6,8-9H2,1-5H3. The van der Waals surface area contributed by atoms with E-state index in [2.05, 4.69) is 38.8 Å². The molecule has 0 unspecified atom stereocenters. The lowest BCUT2D eigenvalue weighted by Gasteiger charge is -2.13. The summed E-state index contributed by atoms with van der Waals surface area (Å²) in [4.78, 5) is 4.65. The average Bonchev–Trinajstić information content (AvgIpc) is 2.38. The summed E-state index contributed by atoms with van der Waals surface area (Å²) in [5.74, 6) is 0.591. The van der Waals surface area contributed by atoms with Gasteiger partial charge in [-0.1, -0.05) is 26.3 Å². The van der Waals surface area contributed by atoms with E-state index in [0.717, 1.165) is 24.3 Å². The van der Waals surface area contributed by atoms with Gasteiger partial charge < -0.3 is 4.74 Å². The molecule has 0 saturated heterocycles. The van der Waals surface area contributed by atoms with E-state index in [1.165, 1.54) is 11.1 Å². The van der Waals surface area contributed by atoms with Crippen LogP contribution in [0.4, 0.5) is 0 Å². The Morgan fingerprint density at radius 3 is 2.62 bits per heavy atom. The van der Waals surface area contributed by atoms with Crippen molar-refractivity contribution in [2.24, 2.45) is 10.9 Å². The molecule has 0 spiro atoms. The van der Waals surface area contributed by atoms with Crippen molar-refractivity contribution >= 4 is 5.71 Å². The van der Waals surface area contributed by atoms with Gasteiger partial charge in [-0.2, -0.15) is 0 Å². The molecule has 1 rings (SSSR count).